The maximum Gasteiger partial charge on any atom is 0.337 e. The summed E-state index contributed by atoms with van der Waals surface area (Å²) in [6.45, 7) is 5.94. The van der Waals surface area contributed by atoms with Gasteiger partial charge in [0.1, 0.15) is 0 Å². The summed E-state index contributed by atoms with van der Waals surface area (Å²) in [6.07, 6.45) is 3.11. The number of nitrogens with zero attached hydrogens (tertiary/aromatic N) is 2. The molecule has 1 aliphatic rings. The maximum atomic E-state index is 11.2. The van der Waals surface area contributed by atoms with Crippen LogP contribution in [0.4, 0.5) is 5.69 Å². The molecular formula is C12H16N2O3. The van der Waals surface area contributed by atoms with E-state index in [1.165, 1.54) is 12.3 Å². The van der Waals surface area contributed by atoms with E-state index in [2.05, 4.69) is 4.98 Å². The fourth-order valence-corrected chi connectivity index (χ4v) is 2.09. The summed E-state index contributed by atoms with van der Waals surface area (Å²) in [7, 11) is 0. The molecule has 5 heteroatoms. The molecule has 0 atom stereocenters. The number of rotatable bonds is 2. The van der Waals surface area contributed by atoms with Crippen LogP contribution in [0.25, 0.3) is 0 Å². The summed E-state index contributed by atoms with van der Waals surface area (Å²) >= 11 is 0. The largest absolute Gasteiger partial charge is 0.478 e. The van der Waals surface area contributed by atoms with Gasteiger partial charge in [0.25, 0.3) is 0 Å². The SMILES string of the molecule is CC1(C)COCCN1c1cnccc1C(=O)O. The van der Waals surface area contributed by atoms with Crippen LogP contribution in [0.2, 0.25) is 0 Å². The van der Waals surface area contributed by atoms with Crippen molar-refractivity contribution in [3.05, 3.63) is 24.0 Å². The zero-order valence-corrected chi connectivity index (χ0v) is 10.0. The first kappa shape index (κ1) is 11.9. The summed E-state index contributed by atoms with van der Waals surface area (Å²) in [5.74, 6) is -0.926. The average molecular weight is 236 g/mol. The lowest BCUT2D eigenvalue weighted by Gasteiger charge is -2.44. The molecule has 0 bridgehead atoms. The molecular weight excluding hydrogens is 220 g/mol. The van der Waals surface area contributed by atoms with Gasteiger partial charge in [-0.2, -0.15) is 0 Å². The van der Waals surface area contributed by atoms with E-state index in [4.69, 9.17) is 4.74 Å². The first-order chi connectivity index (χ1) is 8.02. The van der Waals surface area contributed by atoms with Crippen molar-refractivity contribution in [1.82, 2.24) is 4.98 Å². The Kier molecular flexibility index (Phi) is 3.02. The fourth-order valence-electron chi connectivity index (χ4n) is 2.09. The van der Waals surface area contributed by atoms with E-state index in [1.54, 1.807) is 6.20 Å². The third-order valence-corrected chi connectivity index (χ3v) is 2.97. The lowest BCUT2D eigenvalue weighted by atomic mass is 10.0. The summed E-state index contributed by atoms with van der Waals surface area (Å²) in [4.78, 5) is 17.3. The molecule has 0 aliphatic carbocycles. The highest BCUT2D eigenvalue weighted by molar-refractivity contribution is 5.94. The van der Waals surface area contributed by atoms with Gasteiger partial charge in [0, 0.05) is 12.7 Å². The number of pyridine rings is 1. The Morgan fingerprint density at radius 3 is 3.00 bits per heavy atom. The number of hydrogen-bond acceptors (Lipinski definition) is 4. The van der Waals surface area contributed by atoms with E-state index in [0.29, 0.717) is 25.4 Å². The molecule has 0 amide bonds. The number of carboxylic acids is 1. The van der Waals surface area contributed by atoms with Gasteiger partial charge < -0.3 is 14.7 Å². The smallest absolute Gasteiger partial charge is 0.337 e. The quantitative estimate of drug-likeness (QED) is 0.840. The van der Waals surface area contributed by atoms with Gasteiger partial charge in [-0.05, 0) is 19.9 Å². The Morgan fingerprint density at radius 1 is 1.59 bits per heavy atom. The van der Waals surface area contributed by atoms with Crippen LogP contribution in [0.15, 0.2) is 18.5 Å². The number of morpholine rings is 1. The standard InChI is InChI=1S/C12H16N2O3/c1-12(2)8-17-6-5-14(12)10-7-13-4-3-9(10)11(15)16/h3-4,7H,5-6,8H2,1-2H3,(H,15,16). The summed E-state index contributed by atoms with van der Waals surface area (Å²) in [6, 6.07) is 1.53. The van der Waals surface area contributed by atoms with Gasteiger partial charge in [-0.15, -0.1) is 0 Å². The van der Waals surface area contributed by atoms with Gasteiger partial charge in [0.15, 0.2) is 0 Å². The molecule has 5 nitrogen and oxygen atoms in total. The van der Waals surface area contributed by atoms with Crippen LogP contribution < -0.4 is 4.90 Å². The Bertz CT molecular complexity index is 432. The number of aromatic carboxylic acids is 1. The highest BCUT2D eigenvalue weighted by Gasteiger charge is 2.32. The Labute approximate surface area is 100 Å². The first-order valence-corrected chi connectivity index (χ1v) is 5.55. The van der Waals surface area contributed by atoms with Crippen LogP contribution in [0.1, 0.15) is 24.2 Å². The molecule has 0 spiro atoms. The van der Waals surface area contributed by atoms with Gasteiger partial charge >= 0.3 is 5.97 Å². The minimum atomic E-state index is -0.926. The average Bonchev–Trinajstić information content (AvgIpc) is 2.28. The highest BCUT2D eigenvalue weighted by Crippen LogP contribution is 2.29. The van der Waals surface area contributed by atoms with E-state index in [1.807, 2.05) is 18.7 Å². The van der Waals surface area contributed by atoms with E-state index in [9.17, 15) is 9.90 Å². The molecule has 17 heavy (non-hydrogen) atoms. The number of hydrogen-bond donors (Lipinski definition) is 1. The van der Waals surface area contributed by atoms with Crippen LogP contribution in [0, 0.1) is 0 Å². The molecule has 0 saturated carbocycles. The van der Waals surface area contributed by atoms with Crippen LogP contribution in [0.5, 0.6) is 0 Å². The Morgan fingerprint density at radius 2 is 2.35 bits per heavy atom. The summed E-state index contributed by atoms with van der Waals surface area (Å²) in [5.41, 5.74) is 0.731. The third-order valence-electron chi connectivity index (χ3n) is 2.97. The van der Waals surface area contributed by atoms with E-state index in [0.717, 1.165) is 0 Å². The zero-order valence-electron chi connectivity index (χ0n) is 10.0. The molecule has 0 aromatic carbocycles. The second-order valence-electron chi connectivity index (χ2n) is 4.71. The molecule has 0 unspecified atom stereocenters. The lowest BCUT2D eigenvalue weighted by molar-refractivity contribution is 0.0629. The van der Waals surface area contributed by atoms with Gasteiger partial charge in [-0.1, -0.05) is 0 Å². The van der Waals surface area contributed by atoms with Crippen molar-refractivity contribution >= 4 is 11.7 Å². The minimum absolute atomic E-state index is 0.217. The van der Waals surface area contributed by atoms with Crippen molar-refractivity contribution in [2.24, 2.45) is 0 Å². The van der Waals surface area contributed by atoms with Crippen molar-refractivity contribution in [2.75, 3.05) is 24.7 Å². The van der Waals surface area contributed by atoms with Gasteiger partial charge in [0.2, 0.25) is 0 Å². The zero-order chi connectivity index (χ0) is 12.5. The first-order valence-electron chi connectivity index (χ1n) is 5.55. The summed E-state index contributed by atoms with van der Waals surface area (Å²) in [5, 5.41) is 9.18. The molecule has 1 aromatic rings. The molecule has 2 rings (SSSR count). The maximum absolute atomic E-state index is 11.2. The number of ether oxygens (including phenoxy) is 1. The van der Waals surface area contributed by atoms with Crippen LogP contribution >= 0.6 is 0 Å². The molecule has 1 aliphatic heterocycles. The van der Waals surface area contributed by atoms with Crippen molar-refractivity contribution in [1.29, 1.82) is 0 Å². The fraction of sp³-hybridized carbons (Fsp3) is 0.500. The predicted molar refractivity (Wildman–Crippen MR) is 63.4 cm³/mol. The molecule has 92 valence electrons. The second kappa shape index (κ2) is 4.33. The second-order valence-corrected chi connectivity index (χ2v) is 4.71. The molecule has 1 fully saturated rings. The Balaban J connectivity index is 2.42. The van der Waals surface area contributed by atoms with Crippen molar-refractivity contribution < 1.29 is 14.6 Å². The molecule has 0 radical (unpaired) electrons. The monoisotopic (exact) mass is 236 g/mol. The van der Waals surface area contributed by atoms with Crippen LogP contribution in [-0.4, -0.2) is 41.4 Å². The number of carbonyl (C=O) groups is 1. The molecule has 2 heterocycles. The third kappa shape index (κ3) is 2.24. The Hall–Kier alpha value is -1.62. The molecule has 1 saturated heterocycles. The number of anilines is 1. The van der Waals surface area contributed by atoms with Crippen molar-refractivity contribution in [3.63, 3.8) is 0 Å². The lowest BCUT2D eigenvalue weighted by Crippen LogP contribution is -2.53. The number of aromatic nitrogens is 1. The summed E-state index contributed by atoms with van der Waals surface area (Å²) < 4.78 is 5.43. The van der Waals surface area contributed by atoms with Gasteiger partial charge in [-0.3, -0.25) is 4.98 Å². The predicted octanol–water partition coefficient (Wildman–Crippen LogP) is 1.40. The molecule has 1 aromatic heterocycles. The van der Waals surface area contributed by atoms with E-state index in [-0.39, 0.29) is 11.1 Å². The van der Waals surface area contributed by atoms with Crippen molar-refractivity contribution in [3.8, 4) is 0 Å². The van der Waals surface area contributed by atoms with E-state index < -0.39 is 5.97 Å². The molecule has 1 N–H and O–H groups in total. The van der Waals surface area contributed by atoms with E-state index >= 15 is 0 Å². The van der Waals surface area contributed by atoms with Gasteiger partial charge in [-0.25, -0.2) is 4.79 Å². The van der Waals surface area contributed by atoms with Crippen LogP contribution in [-0.2, 0) is 4.74 Å². The van der Waals surface area contributed by atoms with Gasteiger partial charge in [0.05, 0.1) is 36.2 Å². The topological polar surface area (TPSA) is 62.7 Å². The highest BCUT2D eigenvalue weighted by atomic mass is 16.5. The number of carboxylic acid groups (broad SMARTS) is 1. The minimum Gasteiger partial charge on any atom is -0.478 e. The normalized spacial score (nSPS) is 19.1. The van der Waals surface area contributed by atoms with Crippen molar-refractivity contribution in [2.45, 2.75) is 19.4 Å². The van der Waals surface area contributed by atoms with Crippen LogP contribution in [0.3, 0.4) is 0 Å².